The molecule has 1 aliphatic rings. The molecule has 0 saturated heterocycles. The van der Waals surface area contributed by atoms with E-state index in [0.717, 1.165) is 6.54 Å². The molecule has 1 heteroatoms. The van der Waals surface area contributed by atoms with Gasteiger partial charge >= 0.3 is 0 Å². The molecule has 0 aliphatic carbocycles. The molecule has 1 N–H and O–H groups in total. The van der Waals surface area contributed by atoms with Crippen LogP contribution in [0.25, 0.3) is 0 Å². The Bertz CT molecular complexity index is 351. The Balaban J connectivity index is 1.80. The van der Waals surface area contributed by atoms with Gasteiger partial charge in [-0.1, -0.05) is 90.4 Å². The number of nitrogens with one attached hydrogen (secondary N) is 1. The van der Waals surface area contributed by atoms with Crippen LogP contribution < -0.4 is 5.32 Å². The van der Waals surface area contributed by atoms with Gasteiger partial charge < -0.3 is 5.32 Å². The van der Waals surface area contributed by atoms with Crippen molar-refractivity contribution < 1.29 is 0 Å². The minimum absolute atomic E-state index is 0.372. The first kappa shape index (κ1) is 21.3. The van der Waals surface area contributed by atoms with Gasteiger partial charge in [0.05, 0.1) is 0 Å². The van der Waals surface area contributed by atoms with Gasteiger partial charge in [0.2, 0.25) is 0 Å². The van der Waals surface area contributed by atoms with Crippen molar-refractivity contribution in [1.29, 1.82) is 0 Å². The largest absolute Gasteiger partial charge is 0.388 e. The van der Waals surface area contributed by atoms with Crippen LogP contribution in [0.4, 0.5) is 0 Å². The van der Waals surface area contributed by atoms with Crippen LogP contribution in [0.3, 0.4) is 0 Å². The highest BCUT2D eigenvalue weighted by atomic mass is 14.9. The topological polar surface area (TPSA) is 12.0 Å². The Labute approximate surface area is 152 Å². The van der Waals surface area contributed by atoms with Crippen LogP contribution in [0.15, 0.2) is 23.9 Å². The average molecular weight is 334 g/mol. The van der Waals surface area contributed by atoms with Crippen molar-refractivity contribution in [3.8, 4) is 0 Å². The zero-order valence-electron chi connectivity index (χ0n) is 16.8. The summed E-state index contributed by atoms with van der Waals surface area (Å²) in [5.74, 6) is 0. The van der Waals surface area contributed by atoms with Gasteiger partial charge in [0.15, 0.2) is 0 Å². The maximum Gasteiger partial charge on any atom is 0.0230 e. The van der Waals surface area contributed by atoms with Crippen molar-refractivity contribution in [3.05, 3.63) is 23.9 Å². The minimum atomic E-state index is 0.372. The molecule has 1 rings (SSSR count). The normalized spacial score (nSPS) is 16.5. The maximum atomic E-state index is 3.55. The second-order valence-corrected chi connectivity index (χ2v) is 8.35. The average Bonchev–Trinajstić information content (AvgIpc) is 2.90. The standard InChI is InChI=1S/C23H43N/c1-4-5-6-7-8-9-10-11-12-13-14-15-16-17-18-19-22-20-23(2,3)21-24-22/h11-12,20,24H,4-10,13-19,21H2,1-3H3/b12-11+. The van der Waals surface area contributed by atoms with Crippen molar-refractivity contribution in [2.45, 2.75) is 111 Å². The second kappa shape index (κ2) is 13.6. The highest BCUT2D eigenvalue weighted by Crippen LogP contribution is 2.25. The van der Waals surface area contributed by atoms with E-state index in [9.17, 15) is 0 Å². The SMILES string of the molecule is CCCCCCCC/C=C/CCCCCCCC1=CC(C)(C)CN1. The first-order valence-corrected chi connectivity index (χ1v) is 10.7. The van der Waals surface area contributed by atoms with Crippen LogP contribution in [0.2, 0.25) is 0 Å². The van der Waals surface area contributed by atoms with E-state index in [0.29, 0.717) is 5.41 Å². The molecule has 140 valence electrons. The van der Waals surface area contributed by atoms with Gasteiger partial charge in [0.25, 0.3) is 0 Å². The van der Waals surface area contributed by atoms with E-state index in [-0.39, 0.29) is 0 Å². The number of rotatable bonds is 15. The lowest BCUT2D eigenvalue weighted by Crippen LogP contribution is -2.17. The molecule has 0 aromatic rings. The van der Waals surface area contributed by atoms with E-state index in [1.54, 1.807) is 0 Å². The Kier molecular flexibility index (Phi) is 12.0. The summed E-state index contributed by atoms with van der Waals surface area (Å²) < 4.78 is 0. The van der Waals surface area contributed by atoms with Crippen molar-refractivity contribution in [2.24, 2.45) is 5.41 Å². The third-order valence-corrected chi connectivity index (χ3v) is 5.04. The number of allylic oxidation sites excluding steroid dienone is 3. The van der Waals surface area contributed by atoms with Gasteiger partial charge in [0.1, 0.15) is 0 Å². The Hall–Kier alpha value is -0.720. The van der Waals surface area contributed by atoms with Crippen molar-refractivity contribution in [2.75, 3.05) is 6.54 Å². The number of hydrogen-bond acceptors (Lipinski definition) is 1. The van der Waals surface area contributed by atoms with Crippen LogP contribution in [0.5, 0.6) is 0 Å². The Morgan fingerprint density at radius 3 is 1.92 bits per heavy atom. The fourth-order valence-corrected chi connectivity index (χ4v) is 3.46. The molecule has 0 amide bonds. The fourth-order valence-electron chi connectivity index (χ4n) is 3.46. The molecular formula is C23H43N. The van der Waals surface area contributed by atoms with E-state index >= 15 is 0 Å². The molecule has 0 radical (unpaired) electrons. The molecule has 0 fully saturated rings. The molecule has 1 nitrogen and oxygen atoms in total. The lowest BCUT2D eigenvalue weighted by atomic mass is 9.95. The molecule has 1 aliphatic heterocycles. The van der Waals surface area contributed by atoms with Crippen molar-refractivity contribution in [1.82, 2.24) is 5.32 Å². The molecular weight excluding hydrogens is 290 g/mol. The predicted molar refractivity (Wildman–Crippen MR) is 109 cm³/mol. The Morgan fingerprint density at radius 2 is 1.38 bits per heavy atom. The molecule has 1 heterocycles. The smallest absolute Gasteiger partial charge is 0.0230 e. The summed E-state index contributed by atoms with van der Waals surface area (Å²) in [6.07, 6.45) is 26.5. The summed E-state index contributed by atoms with van der Waals surface area (Å²) in [5.41, 5.74) is 1.86. The van der Waals surface area contributed by atoms with E-state index in [1.165, 1.54) is 95.6 Å². The third kappa shape index (κ3) is 11.8. The van der Waals surface area contributed by atoms with Crippen LogP contribution in [0.1, 0.15) is 111 Å². The number of hydrogen-bond donors (Lipinski definition) is 1. The van der Waals surface area contributed by atoms with Crippen LogP contribution >= 0.6 is 0 Å². The van der Waals surface area contributed by atoms with Gasteiger partial charge in [-0.2, -0.15) is 0 Å². The minimum Gasteiger partial charge on any atom is -0.388 e. The lowest BCUT2D eigenvalue weighted by molar-refractivity contribution is 0.494. The highest BCUT2D eigenvalue weighted by Gasteiger charge is 2.21. The summed E-state index contributed by atoms with van der Waals surface area (Å²) in [7, 11) is 0. The maximum absolute atomic E-state index is 3.55. The van der Waals surface area contributed by atoms with E-state index < -0.39 is 0 Å². The van der Waals surface area contributed by atoms with E-state index in [2.05, 4.69) is 44.3 Å². The molecule has 0 aromatic heterocycles. The molecule has 0 saturated carbocycles. The highest BCUT2D eigenvalue weighted by molar-refractivity contribution is 5.13. The van der Waals surface area contributed by atoms with Gasteiger partial charge in [-0.25, -0.2) is 0 Å². The lowest BCUT2D eigenvalue weighted by Gasteiger charge is -2.11. The van der Waals surface area contributed by atoms with Crippen LogP contribution in [0, 0.1) is 5.41 Å². The monoisotopic (exact) mass is 333 g/mol. The summed E-state index contributed by atoms with van der Waals surface area (Å²) in [4.78, 5) is 0. The summed E-state index contributed by atoms with van der Waals surface area (Å²) >= 11 is 0. The van der Waals surface area contributed by atoms with Crippen LogP contribution in [-0.4, -0.2) is 6.54 Å². The zero-order valence-corrected chi connectivity index (χ0v) is 16.8. The first-order chi connectivity index (χ1) is 11.6. The summed E-state index contributed by atoms with van der Waals surface area (Å²) in [5, 5.41) is 3.55. The summed E-state index contributed by atoms with van der Waals surface area (Å²) in [6, 6.07) is 0. The van der Waals surface area contributed by atoms with Gasteiger partial charge in [-0.15, -0.1) is 0 Å². The first-order valence-electron chi connectivity index (χ1n) is 10.7. The fraction of sp³-hybridized carbons (Fsp3) is 0.826. The number of unbranched alkanes of at least 4 members (excludes halogenated alkanes) is 11. The summed E-state index contributed by atoms with van der Waals surface area (Å²) in [6.45, 7) is 8.03. The van der Waals surface area contributed by atoms with E-state index in [1.807, 2.05) is 0 Å². The molecule has 24 heavy (non-hydrogen) atoms. The van der Waals surface area contributed by atoms with Gasteiger partial charge in [-0.3, -0.25) is 0 Å². The van der Waals surface area contributed by atoms with Crippen LogP contribution in [-0.2, 0) is 0 Å². The van der Waals surface area contributed by atoms with Crippen molar-refractivity contribution >= 4 is 0 Å². The quantitative estimate of drug-likeness (QED) is 0.241. The van der Waals surface area contributed by atoms with Crippen molar-refractivity contribution in [3.63, 3.8) is 0 Å². The van der Waals surface area contributed by atoms with E-state index in [4.69, 9.17) is 0 Å². The molecule has 0 spiro atoms. The Morgan fingerprint density at radius 1 is 0.833 bits per heavy atom. The predicted octanol–water partition coefficient (Wildman–Crippen LogP) is 7.54. The zero-order chi connectivity index (χ0) is 17.5. The van der Waals surface area contributed by atoms with Gasteiger partial charge in [-0.05, 0) is 38.5 Å². The molecule has 0 unspecified atom stereocenters. The molecule has 0 atom stereocenters. The molecule has 0 aromatic carbocycles. The second-order valence-electron chi connectivity index (χ2n) is 8.35. The molecule has 0 bridgehead atoms. The van der Waals surface area contributed by atoms with Gasteiger partial charge in [0, 0.05) is 17.7 Å². The third-order valence-electron chi connectivity index (χ3n) is 5.04.